The van der Waals surface area contributed by atoms with Crippen molar-refractivity contribution in [1.29, 1.82) is 0 Å². The molecule has 0 heterocycles. The van der Waals surface area contributed by atoms with Crippen LogP contribution < -0.4 is 0 Å². The van der Waals surface area contributed by atoms with E-state index in [0.29, 0.717) is 19.3 Å². The van der Waals surface area contributed by atoms with E-state index in [1.807, 2.05) is 0 Å². The molecule has 0 spiro atoms. The second-order valence-electron chi connectivity index (χ2n) is 17.1. The molecule has 0 aliphatic carbocycles. The van der Waals surface area contributed by atoms with Gasteiger partial charge in [0.1, 0.15) is 13.2 Å². The minimum absolute atomic E-state index is 0.0683. The Hall–Kier alpha value is -1.85. The van der Waals surface area contributed by atoms with Crippen LogP contribution in [-0.4, -0.2) is 37.2 Å². The highest BCUT2D eigenvalue weighted by molar-refractivity contribution is 5.71. The number of esters is 3. The topological polar surface area (TPSA) is 78.9 Å². The monoisotopic (exact) mass is 805 g/mol. The molecule has 0 aromatic carbocycles. The molecule has 0 amide bonds. The van der Waals surface area contributed by atoms with Crippen LogP contribution in [0.4, 0.5) is 0 Å². The predicted molar refractivity (Wildman–Crippen MR) is 243 cm³/mol. The Morgan fingerprint density at radius 3 is 0.895 bits per heavy atom. The van der Waals surface area contributed by atoms with E-state index in [0.717, 1.165) is 64.2 Å². The molecule has 0 aliphatic heterocycles. The van der Waals surface area contributed by atoms with E-state index in [1.54, 1.807) is 0 Å². The summed E-state index contributed by atoms with van der Waals surface area (Å²) in [6.45, 7) is 6.64. The van der Waals surface area contributed by atoms with Crippen LogP contribution in [0, 0.1) is 0 Å². The number of unbranched alkanes of at least 4 members (excludes halogenated alkanes) is 33. The summed E-state index contributed by atoms with van der Waals surface area (Å²) in [5.74, 6) is -0.863. The zero-order valence-electron chi connectivity index (χ0n) is 38.4. The lowest BCUT2D eigenvalue weighted by atomic mass is 10.0. The maximum atomic E-state index is 12.7. The zero-order valence-corrected chi connectivity index (χ0v) is 38.4. The molecule has 0 aromatic heterocycles. The largest absolute Gasteiger partial charge is 0.462 e. The van der Waals surface area contributed by atoms with Gasteiger partial charge in [0.25, 0.3) is 0 Å². The minimum Gasteiger partial charge on any atom is -0.462 e. The third-order valence-electron chi connectivity index (χ3n) is 11.3. The van der Waals surface area contributed by atoms with Gasteiger partial charge in [-0.2, -0.15) is 0 Å². The van der Waals surface area contributed by atoms with Crippen molar-refractivity contribution in [3.8, 4) is 0 Å². The highest BCUT2D eigenvalue weighted by Gasteiger charge is 2.19. The molecule has 0 bridgehead atoms. The van der Waals surface area contributed by atoms with Gasteiger partial charge in [0.05, 0.1) is 0 Å². The van der Waals surface area contributed by atoms with Crippen LogP contribution in [0.1, 0.15) is 278 Å². The molecule has 0 saturated heterocycles. The van der Waals surface area contributed by atoms with Crippen LogP contribution >= 0.6 is 0 Å². The Kier molecular flexibility index (Phi) is 45.3. The summed E-state index contributed by atoms with van der Waals surface area (Å²) in [7, 11) is 0. The molecule has 0 rings (SSSR count). The minimum atomic E-state index is -0.766. The van der Waals surface area contributed by atoms with Crippen LogP contribution in [0.25, 0.3) is 0 Å². The van der Waals surface area contributed by atoms with Gasteiger partial charge in [0, 0.05) is 19.3 Å². The Labute approximate surface area is 354 Å². The first-order valence-corrected chi connectivity index (χ1v) is 25.2. The molecular weight excluding hydrogens is 709 g/mol. The van der Waals surface area contributed by atoms with Crippen LogP contribution in [0.15, 0.2) is 12.2 Å². The van der Waals surface area contributed by atoms with Crippen molar-refractivity contribution in [3.05, 3.63) is 12.2 Å². The van der Waals surface area contributed by atoms with Crippen molar-refractivity contribution in [3.63, 3.8) is 0 Å². The molecule has 0 N–H and O–H groups in total. The van der Waals surface area contributed by atoms with Gasteiger partial charge in [-0.15, -0.1) is 0 Å². The first-order valence-electron chi connectivity index (χ1n) is 25.2. The Balaban J connectivity index is 4.32. The van der Waals surface area contributed by atoms with Crippen molar-refractivity contribution < 1.29 is 28.6 Å². The van der Waals surface area contributed by atoms with Gasteiger partial charge < -0.3 is 14.2 Å². The normalized spacial score (nSPS) is 12.0. The highest BCUT2D eigenvalue weighted by Crippen LogP contribution is 2.16. The Bertz CT molecular complexity index is 885. The summed E-state index contributed by atoms with van der Waals surface area (Å²) in [6, 6.07) is 0. The quantitative estimate of drug-likeness (QED) is 0.0264. The lowest BCUT2D eigenvalue weighted by Gasteiger charge is -2.18. The fraction of sp³-hybridized carbons (Fsp3) is 0.902. The summed E-state index contributed by atoms with van der Waals surface area (Å²) in [4.78, 5) is 37.8. The van der Waals surface area contributed by atoms with Crippen molar-refractivity contribution >= 4 is 17.9 Å². The summed E-state index contributed by atoms with van der Waals surface area (Å²) < 4.78 is 16.8. The van der Waals surface area contributed by atoms with Crippen LogP contribution in [0.3, 0.4) is 0 Å². The van der Waals surface area contributed by atoms with Crippen LogP contribution in [0.5, 0.6) is 0 Å². The van der Waals surface area contributed by atoms with E-state index in [-0.39, 0.29) is 31.1 Å². The van der Waals surface area contributed by atoms with Gasteiger partial charge in [0.2, 0.25) is 0 Å². The van der Waals surface area contributed by atoms with Gasteiger partial charge in [0.15, 0.2) is 6.10 Å². The summed E-state index contributed by atoms with van der Waals surface area (Å²) in [5.41, 5.74) is 0. The maximum Gasteiger partial charge on any atom is 0.306 e. The third-order valence-corrected chi connectivity index (χ3v) is 11.3. The molecule has 6 heteroatoms. The summed E-state index contributed by atoms with van der Waals surface area (Å²) in [5, 5.41) is 0. The van der Waals surface area contributed by atoms with E-state index in [2.05, 4.69) is 32.9 Å². The molecule has 336 valence electrons. The number of carbonyl (C=O) groups is 3. The van der Waals surface area contributed by atoms with Gasteiger partial charge in [-0.05, 0) is 44.9 Å². The summed E-state index contributed by atoms with van der Waals surface area (Å²) in [6.07, 6.45) is 50.4. The third kappa shape index (κ3) is 45.1. The molecule has 0 aliphatic rings. The lowest BCUT2D eigenvalue weighted by molar-refractivity contribution is -0.167. The van der Waals surface area contributed by atoms with Crippen LogP contribution in [-0.2, 0) is 28.6 Å². The van der Waals surface area contributed by atoms with Gasteiger partial charge in [-0.25, -0.2) is 0 Å². The van der Waals surface area contributed by atoms with Crippen molar-refractivity contribution in [1.82, 2.24) is 0 Å². The van der Waals surface area contributed by atoms with Gasteiger partial charge in [-0.3, -0.25) is 14.4 Å². The van der Waals surface area contributed by atoms with E-state index in [9.17, 15) is 14.4 Å². The number of ether oxygens (including phenoxy) is 3. The number of hydrogen-bond donors (Lipinski definition) is 0. The highest BCUT2D eigenvalue weighted by atomic mass is 16.6. The first kappa shape index (κ1) is 55.2. The second-order valence-corrected chi connectivity index (χ2v) is 17.1. The first-order chi connectivity index (χ1) is 28.0. The average Bonchev–Trinajstić information content (AvgIpc) is 3.21. The van der Waals surface area contributed by atoms with E-state index in [1.165, 1.54) is 173 Å². The molecule has 6 nitrogen and oxygen atoms in total. The molecule has 0 aromatic rings. The molecule has 0 fully saturated rings. The zero-order chi connectivity index (χ0) is 41.5. The van der Waals surface area contributed by atoms with Gasteiger partial charge in [-0.1, -0.05) is 226 Å². The molecule has 0 radical (unpaired) electrons. The number of rotatable bonds is 46. The standard InChI is InChI=1S/C51H96O6/c1-4-7-10-13-16-19-22-24-25-27-29-32-35-38-41-44-50(53)56-47-48(46-55-49(52)43-40-37-34-31-28-21-18-15-12-9-6-3)57-51(54)45-42-39-36-33-30-26-23-20-17-14-11-8-5-2/h20,23,48H,4-19,21-22,24-47H2,1-3H3/b23-20-/t48-/m0/s1. The van der Waals surface area contributed by atoms with Crippen molar-refractivity contribution in [2.45, 2.75) is 284 Å². The predicted octanol–water partition coefficient (Wildman–Crippen LogP) is 16.2. The fourth-order valence-corrected chi connectivity index (χ4v) is 7.44. The van der Waals surface area contributed by atoms with E-state index < -0.39 is 6.10 Å². The van der Waals surface area contributed by atoms with Gasteiger partial charge >= 0.3 is 17.9 Å². The van der Waals surface area contributed by atoms with E-state index >= 15 is 0 Å². The maximum absolute atomic E-state index is 12.7. The lowest BCUT2D eigenvalue weighted by Crippen LogP contribution is -2.30. The van der Waals surface area contributed by atoms with Crippen molar-refractivity contribution in [2.75, 3.05) is 13.2 Å². The molecule has 57 heavy (non-hydrogen) atoms. The Morgan fingerprint density at radius 2 is 0.579 bits per heavy atom. The smallest absolute Gasteiger partial charge is 0.306 e. The summed E-state index contributed by atoms with van der Waals surface area (Å²) >= 11 is 0. The molecule has 0 saturated carbocycles. The Morgan fingerprint density at radius 1 is 0.333 bits per heavy atom. The molecule has 0 unspecified atom stereocenters. The number of allylic oxidation sites excluding steroid dienone is 2. The fourth-order valence-electron chi connectivity index (χ4n) is 7.44. The SMILES string of the molecule is CCCCCC/C=C\CCCCCCCC(=O)O[C@@H](COC(=O)CCCCCCCCCCCCC)COC(=O)CCCCCCCCCCCCCCCCC. The van der Waals surface area contributed by atoms with Crippen LogP contribution in [0.2, 0.25) is 0 Å². The van der Waals surface area contributed by atoms with Crippen molar-refractivity contribution in [2.24, 2.45) is 0 Å². The number of carbonyl (C=O) groups excluding carboxylic acids is 3. The second kappa shape index (κ2) is 46.8. The molecule has 1 atom stereocenters. The molecular formula is C51H96O6. The average molecular weight is 805 g/mol. The number of hydrogen-bond acceptors (Lipinski definition) is 6. The van der Waals surface area contributed by atoms with E-state index in [4.69, 9.17) is 14.2 Å².